The van der Waals surface area contributed by atoms with E-state index in [1.165, 1.54) is 0 Å². The first-order valence-electron chi connectivity index (χ1n) is 10.3. The van der Waals surface area contributed by atoms with Crippen molar-refractivity contribution in [1.29, 1.82) is 0 Å². The smallest absolute Gasteiger partial charge is 0.223 e. The van der Waals surface area contributed by atoms with Gasteiger partial charge < -0.3 is 10.2 Å². The Hall–Kier alpha value is -2.62. The van der Waals surface area contributed by atoms with Crippen molar-refractivity contribution in [3.05, 3.63) is 71.8 Å². The molecule has 0 unspecified atom stereocenters. The second kappa shape index (κ2) is 10.1. The Bertz CT molecular complexity index is 713. The molecule has 0 saturated carbocycles. The molecular formula is C24H30N2O2. The summed E-state index contributed by atoms with van der Waals surface area (Å²) in [6, 6.07) is 20.5. The summed E-state index contributed by atoms with van der Waals surface area (Å²) in [5.74, 6) is 0.403. The molecule has 0 radical (unpaired) electrons. The molecular weight excluding hydrogens is 348 g/mol. The Morgan fingerprint density at radius 1 is 0.964 bits per heavy atom. The number of hydrogen-bond donors (Lipinski definition) is 1. The number of benzene rings is 2. The average molecular weight is 379 g/mol. The highest BCUT2D eigenvalue weighted by molar-refractivity contribution is 5.80. The predicted molar refractivity (Wildman–Crippen MR) is 112 cm³/mol. The molecule has 1 saturated heterocycles. The largest absolute Gasteiger partial charge is 0.356 e. The molecule has 0 bridgehead atoms. The second-order valence-electron chi connectivity index (χ2n) is 7.52. The lowest BCUT2D eigenvalue weighted by Crippen LogP contribution is -2.43. The van der Waals surface area contributed by atoms with Crippen molar-refractivity contribution in [3.8, 4) is 0 Å². The number of rotatable bonds is 7. The SMILES string of the molecule is CCCNC(=O)C1CCN(C(=O)CC(c2ccccc2)c2ccccc2)CC1. The van der Waals surface area contributed by atoms with E-state index in [1.807, 2.05) is 41.3 Å². The van der Waals surface area contributed by atoms with Gasteiger partial charge in [0.25, 0.3) is 0 Å². The first-order valence-corrected chi connectivity index (χ1v) is 10.3. The van der Waals surface area contributed by atoms with Gasteiger partial charge in [-0.3, -0.25) is 9.59 Å². The number of nitrogens with one attached hydrogen (secondary N) is 1. The van der Waals surface area contributed by atoms with Gasteiger partial charge in [0.05, 0.1) is 0 Å². The van der Waals surface area contributed by atoms with Gasteiger partial charge in [-0.15, -0.1) is 0 Å². The minimum Gasteiger partial charge on any atom is -0.356 e. The average Bonchev–Trinajstić information content (AvgIpc) is 2.77. The molecule has 2 amide bonds. The van der Waals surface area contributed by atoms with E-state index in [1.54, 1.807) is 0 Å². The number of amides is 2. The zero-order valence-corrected chi connectivity index (χ0v) is 16.6. The fourth-order valence-corrected chi connectivity index (χ4v) is 3.89. The minimum absolute atomic E-state index is 0.0367. The van der Waals surface area contributed by atoms with Crippen LogP contribution in [0.3, 0.4) is 0 Å². The Morgan fingerprint density at radius 3 is 2.00 bits per heavy atom. The van der Waals surface area contributed by atoms with E-state index in [0.717, 1.165) is 36.9 Å². The molecule has 4 nitrogen and oxygen atoms in total. The fourth-order valence-electron chi connectivity index (χ4n) is 3.89. The highest BCUT2D eigenvalue weighted by Gasteiger charge is 2.28. The molecule has 0 aromatic heterocycles. The van der Waals surface area contributed by atoms with E-state index < -0.39 is 0 Å². The lowest BCUT2D eigenvalue weighted by Gasteiger charge is -2.32. The van der Waals surface area contributed by atoms with E-state index in [0.29, 0.717) is 19.5 Å². The molecule has 0 atom stereocenters. The number of hydrogen-bond acceptors (Lipinski definition) is 2. The van der Waals surface area contributed by atoms with Crippen LogP contribution < -0.4 is 5.32 Å². The number of likely N-dealkylation sites (tertiary alicyclic amines) is 1. The number of piperidine rings is 1. The van der Waals surface area contributed by atoms with Crippen LogP contribution in [0.4, 0.5) is 0 Å². The van der Waals surface area contributed by atoms with E-state index in [-0.39, 0.29) is 23.7 Å². The van der Waals surface area contributed by atoms with Gasteiger partial charge in [-0.2, -0.15) is 0 Å². The monoisotopic (exact) mass is 378 g/mol. The van der Waals surface area contributed by atoms with Crippen molar-refractivity contribution in [3.63, 3.8) is 0 Å². The number of nitrogens with zero attached hydrogens (tertiary/aromatic N) is 1. The van der Waals surface area contributed by atoms with Crippen LogP contribution >= 0.6 is 0 Å². The Morgan fingerprint density at radius 2 is 1.50 bits per heavy atom. The highest BCUT2D eigenvalue weighted by atomic mass is 16.2. The molecule has 1 fully saturated rings. The maximum absolute atomic E-state index is 13.0. The number of carbonyl (C=O) groups excluding carboxylic acids is 2. The van der Waals surface area contributed by atoms with Gasteiger partial charge in [0.15, 0.2) is 0 Å². The molecule has 4 heteroatoms. The Kier molecular flexibility index (Phi) is 7.24. The van der Waals surface area contributed by atoms with Gasteiger partial charge in [0.1, 0.15) is 0 Å². The number of carbonyl (C=O) groups is 2. The first-order chi connectivity index (χ1) is 13.7. The topological polar surface area (TPSA) is 49.4 Å². The van der Waals surface area contributed by atoms with Crippen LogP contribution in [-0.2, 0) is 9.59 Å². The summed E-state index contributed by atoms with van der Waals surface area (Å²) < 4.78 is 0. The highest BCUT2D eigenvalue weighted by Crippen LogP contribution is 2.29. The minimum atomic E-state index is 0.0367. The third-order valence-electron chi connectivity index (χ3n) is 5.55. The van der Waals surface area contributed by atoms with Gasteiger partial charge in [-0.1, -0.05) is 67.6 Å². The van der Waals surface area contributed by atoms with Gasteiger partial charge in [-0.05, 0) is 30.4 Å². The summed E-state index contributed by atoms with van der Waals surface area (Å²) in [7, 11) is 0. The molecule has 2 aromatic rings. The van der Waals surface area contributed by atoms with E-state index in [9.17, 15) is 9.59 Å². The molecule has 28 heavy (non-hydrogen) atoms. The van der Waals surface area contributed by atoms with Crippen LogP contribution in [0.5, 0.6) is 0 Å². The van der Waals surface area contributed by atoms with Crippen molar-refractivity contribution in [1.82, 2.24) is 10.2 Å². The zero-order valence-electron chi connectivity index (χ0n) is 16.6. The summed E-state index contributed by atoms with van der Waals surface area (Å²) in [5.41, 5.74) is 2.33. The third kappa shape index (κ3) is 5.22. The molecule has 2 aromatic carbocycles. The second-order valence-corrected chi connectivity index (χ2v) is 7.52. The third-order valence-corrected chi connectivity index (χ3v) is 5.55. The van der Waals surface area contributed by atoms with Crippen LogP contribution in [0.15, 0.2) is 60.7 Å². The van der Waals surface area contributed by atoms with Gasteiger partial charge in [0, 0.05) is 37.9 Å². The lowest BCUT2D eigenvalue weighted by atomic mass is 9.87. The summed E-state index contributed by atoms with van der Waals surface area (Å²) in [6.45, 7) is 4.12. The van der Waals surface area contributed by atoms with Gasteiger partial charge in [-0.25, -0.2) is 0 Å². The van der Waals surface area contributed by atoms with Gasteiger partial charge in [0.2, 0.25) is 11.8 Å². The summed E-state index contributed by atoms with van der Waals surface area (Å²) >= 11 is 0. The lowest BCUT2D eigenvalue weighted by molar-refractivity contribution is -0.135. The maximum Gasteiger partial charge on any atom is 0.223 e. The predicted octanol–water partition coefficient (Wildman–Crippen LogP) is 3.97. The fraction of sp³-hybridized carbons (Fsp3) is 0.417. The van der Waals surface area contributed by atoms with Crippen LogP contribution in [0.1, 0.15) is 49.7 Å². The van der Waals surface area contributed by atoms with Crippen molar-refractivity contribution >= 4 is 11.8 Å². The summed E-state index contributed by atoms with van der Waals surface area (Å²) in [6.07, 6.45) is 2.91. The molecule has 1 aliphatic heterocycles. The maximum atomic E-state index is 13.0. The molecule has 148 valence electrons. The van der Waals surface area contributed by atoms with E-state index in [2.05, 4.69) is 36.5 Å². The normalized spacial score (nSPS) is 14.9. The Labute approximate surface area is 167 Å². The summed E-state index contributed by atoms with van der Waals surface area (Å²) in [5, 5.41) is 2.98. The quantitative estimate of drug-likeness (QED) is 0.792. The van der Waals surface area contributed by atoms with E-state index in [4.69, 9.17) is 0 Å². The Balaban J connectivity index is 1.63. The van der Waals surface area contributed by atoms with Crippen molar-refractivity contribution in [2.75, 3.05) is 19.6 Å². The van der Waals surface area contributed by atoms with E-state index >= 15 is 0 Å². The molecule has 0 spiro atoms. The van der Waals surface area contributed by atoms with Crippen LogP contribution in [-0.4, -0.2) is 36.3 Å². The molecule has 1 N–H and O–H groups in total. The molecule has 0 aliphatic carbocycles. The molecule has 3 rings (SSSR count). The van der Waals surface area contributed by atoms with Crippen molar-refractivity contribution < 1.29 is 9.59 Å². The van der Waals surface area contributed by atoms with Crippen LogP contribution in [0.2, 0.25) is 0 Å². The van der Waals surface area contributed by atoms with Crippen LogP contribution in [0.25, 0.3) is 0 Å². The molecule has 1 aliphatic rings. The van der Waals surface area contributed by atoms with Crippen molar-refractivity contribution in [2.24, 2.45) is 5.92 Å². The molecule has 1 heterocycles. The van der Waals surface area contributed by atoms with Gasteiger partial charge >= 0.3 is 0 Å². The zero-order chi connectivity index (χ0) is 19.8. The van der Waals surface area contributed by atoms with Crippen LogP contribution in [0, 0.1) is 5.92 Å². The first kappa shape index (κ1) is 20.1. The standard InChI is InChI=1S/C24H30N2O2/c1-2-15-25-24(28)21-13-16-26(17-14-21)23(27)18-22(19-9-5-3-6-10-19)20-11-7-4-8-12-20/h3-12,21-22H,2,13-18H2,1H3,(H,25,28). The summed E-state index contributed by atoms with van der Waals surface area (Å²) in [4.78, 5) is 27.1. The van der Waals surface area contributed by atoms with Crippen molar-refractivity contribution in [2.45, 2.75) is 38.5 Å².